The first-order valence-electron chi connectivity index (χ1n) is 9.49. The Balaban J connectivity index is 0.000000199. The third kappa shape index (κ3) is 5.18. The summed E-state index contributed by atoms with van der Waals surface area (Å²) in [5.74, 6) is -0.0559. The number of ether oxygens (including phenoxy) is 1. The zero-order chi connectivity index (χ0) is 21.3. The molecule has 0 saturated heterocycles. The number of nitrogens with zero attached hydrogens (tertiary/aromatic N) is 2. The minimum atomic E-state index is -0.950. The van der Waals surface area contributed by atoms with E-state index in [9.17, 15) is 9.90 Å². The predicted molar refractivity (Wildman–Crippen MR) is 118 cm³/mol. The third-order valence-corrected chi connectivity index (χ3v) is 4.51. The van der Waals surface area contributed by atoms with E-state index in [1.54, 1.807) is 31.6 Å². The van der Waals surface area contributed by atoms with Gasteiger partial charge in [0.25, 0.3) is 0 Å². The molecule has 6 heteroatoms. The van der Waals surface area contributed by atoms with Crippen LogP contribution in [0.5, 0.6) is 5.75 Å². The first-order valence-corrected chi connectivity index (χ1v) is 9.49. The second-order valence-corrected chi connectivity index (χ2v) is 6.50. The Morgan fingerprint density at radius 3 is 2.37 bits per heavy atom. The fraction of sp³-hybridized carbons (Fsp3) is 0.125. The van der Waals surface area contributed by atoms with Gasteiger partial charge in [-0.15, -0.1) is 0 Å². The first kappa shape index (κ1) is 21.0. The highest BCUT2D eigenvalue weighted by Gasteiger charge is 2.12. The number of pyridine rings is 2. The number of rotatable bonds is 5. The lowest BCUT2D eigenvalue weighted by Crippen LogP contribution is -2.02. The van der Waals surface area contributed by atoms with Crippen LogP contribution >= 0.6 is 0 Å². The van der Waals surface area contributed by atoms with Crippen molar-refractivity contribution in [2.75, 3.05) is 13.7 Å². The van der Waals surface area contributed by atoms with Crippen LogP contribution in [0, 0.1) is 0 Å². The van der Waals surface area contributed by atoms with Crippen LogP contribution in [0.3, 0.4) is 0 Å². The molecule has 0 spiro atoms. The summed E-state index contributed by atoms with van der Waals surface area (Å²) in [6.07, 6.45) is 4.25. The molecule has 0 atom stereocenters. The molecule has 0 fully saturated rings. The average Bonchev–Trinajstić information content (AvgIpc) is 2.80. The third-order valence-electron chi connectivity index (χ3n) is 4.51. The van der Waals surface area contributed by atoms with Crippen molar-refractivity contribution >= 4 is 16.9 Å². The second-order valence-electron chi connectivity index (χ2n) is 6.50. The van der Waals surface area contributed by atoms with Gasteiger partial charge in [0.15, 0.2) is 0 Å². The van der Waals surface area contributed by atoms with Crippen molar-refractivity contribution in [1.29, 1.82) is 0 Å². The van der Waals surface area contributed by atoms with Gasteiger partial charge in [-0.25, -0.2) is 9.78 Å². The molecule has 0 bridgehead atoms. The largest absolute Gasteiger partial charge is 0.497 e. The van der Waals surface area contributed by atoms with Crippen molar-refractivity contribution in [2.24, 2.45) is 5.73 Å². The molecule has 0 amide bonds. The van der Waals surface area contributed by atoms with E-state index in [1.165, 1.54) is 5.56 Å². The molecule has 30 heavy (non-hydrogen) atoms. The van der Waals surface area contributed by atoms with Gasteiger partial charge in [-0.05, 0) is 54.9 Å². The Morgan fingerprint density at radius 2 is 1.73 bits per heavy atom. The smallest absolute Gasteiger partial charge is 0.336 e. The Hall–Kier alpha value is -3.77. The van der Waals surface area contributed by atoms with E-state index in [1.807, 2.05) is 54.6 Å². The quantitative estimate of drug-likeness (QED) is 0.520. The van der Waals surface area contributed by atoms with Crippen molar-refractivity contribution in [3.05, 3.63) is 90.3 Å². The molecule has 6 nitrogen and oxygen atoms in total. The van der Waals surface area contributed by atoms with Crippen molar-refractivity contribution in [3.63, 3.8) is 0 Å². The Bertz CT molecular complexity index is 1110. The summed E-state index contributed by atoms with van der Waals surface area (Å²) in [5, 5.41) is 9.96. The highest BCUT2D eigenvalue weighted by molar-refractivity contribution is 6.03. The van der Waals surface area contributed by atoms with E-state index in [0.717, 1.165) is 17.7 Å². The van der Waals surface area contributed by atoms with Crippen molar-refractivity contribution in [2.45, 2.75) is 6.42 Å². The van der Waals surface area contributed by atoms with E-state index >= 15 is 0 Å². The van der Waals surface area contributed by atoms with E-state index in [0.29, 0.717) is 23.1 Å². The molecular formula is C24H23N3O3. The molecular weight excluding hydrogens is 378 g/mol. The van der Waals surface area contributed by atoms with Crippen molar-refractivity contribution in [1.82, 2.24) is 9.97 Å². The van der Waals surface area contributed by atoms with Crippen LogP contribution < -0.4 is 10.5 Å². The van der Waals surface area contributed by atoms with E-state index in [2.05, 4.69) is 9.97 Å². The molecule has 3 N–H and O–H groups in total. The number of hydrogen-bond acceptors (Lipinski definition) is 5. The lowest BCUT2D eigenvalue weighted by molar-refractivity contribution is 0.0699. The molecule has 2 heterocycles. The number of aromatic nitrogens is 2. The van der Waals surface area contributed by atoms with Gasteiger partial charge in [0.2, 0.25) is 0 Å². The van der Waals surface area contributed by atoms with Crippen LogP contribution in [0.25, 0.3) is 22.2 Å². The molecule has 4 aromatic rings. The average molecular weight is 401 g/mol. The van der Waals surface area contributed by atoms with Crippen molar-refractivity contribution in [3.8, 4) is 17.0 Å². The maximum absolute atomic E-state index is 11.4. The Labute approximate surface area is 175 Å². The number of fused-ring (bicyclic) bond motifs is 1. The number of nitrogens with two attached hydrogens (primary N) is 1. The van der Waals surface area contributed by atoms with E-state index in [4.69, 9.17) is 10.5 Å². The number of para-hydroxylation sites is 1. The highest BCUT2D eigenvalue weighted by atomic mass is 16.5. The van der Waals surface area contributed by atoms with Gasteiger partial charge >= 0.3 is 5.97 Å². The topological polar surface area (TPSA) is 98.3 Å². The predicted octanol–water partition coefficient (Wildman–Crippen LogP) is 4.19. The lowest BCUT2D eigenvalue weighted by atomic mass is 10.0. The summed E-state index contributed by atoms with van der Waals surface area (Å²) in [6, 6.07) is 20.4. The minimum Gasteiger partial charge on any atom is -0.497 e. The molecule has 2 aromatic carbocycles. The van der Waals surface area contributed by atoms with Gasteiger partial charge in [0.1, 0.15) is 5.75 Å². The van der Waals surface area contributed by atoms with Crippen LogP contribution in [0.15, 0.2) is 79.1 Å². The van der Waals surface area contributed by atoms with Gasteiger partial charge in [-0.3, -0.25) is 4.98 Å². The lowest BCUT2D eigenvalue weighted by Gasteiger charge is -2.06. The fourth-order valence-corrected chi connectivity index (χ4v) is 2.98. The van der Waals surface area contributed by atoms with Gasteiger partial charge < -0.3 is 15.6 Å². The monoisotopic (exact) mass is 401 g/mol. The number of carbonyl (C=O) groups is 1. The zero-order valence-corrected chi connectivity index (χ0v) is 16.7. The number of hydrogen-bond donors (Lipinski definition) is 2. The Morgan fingerprint density at radius 1 is 1.03 bits per heavy atom. The van der Waals surface area contributed by atoms with Gasteiger partial charge in [0.05, 0.1) is 23.9 Å². The van der Waals surface area contributed by atoms with Gasteiger partial charge in [-0.1, -0.05) is 30.3 Å². The molecule has 0 aliphatic carbocycles. The molecule has 0 aliphatic heterocycles. The normalized spacial score (nSPS) is 10.2. The zero-order valence-electron chi connectivity index (χ0n) is 16.7. The van der Waals surface area contributed by atoms with Crippen LogP contribution in [-0.4, -0.2) is 34.7 Å². The van der Waals surface area contributed by atoms with Crippen LogP contribution in [-0.2, 0) is 6.42 Å². The molecule has 0 radical (unpaired) electrons. The highest BCUT2D eigenvalue weighted by Crippen LogP contribution is 2.24. The number of benzene rings is 2. The van der Waals surface area contributed by atoms with Crippen molar-refractivity contribution < 1.29 is 14.6 Å². The minimum absolute atomic E-state index is 0.261. The first-order chi connectivity index (χ1) is 14.6. The Kier molecular flexibility index (Phi) is 7.08. The summed E-state index contributed by atoms with van der Waals surface area (Å²) >= 11 is 0. The number of aromatic carboxylic acids is 1. The fourth-order valence-electron chi connectivity index (χ4n) is 2.98. The summed E-state index contributed by atoms with van der Waals surface area (Å²) < 4.78 is 5.02. The molecule has 152 valence electrons. The van der Waals surface area contributed by atoms with Gasteiger partial charge in [0, 0.05) is 23.3 Å². The number of carboxylic acid groups (broad SMARTS) is 1. The summed E-state index contributed by atoms with van der Waals surface area (Å²) in [7, 11) is 1.66. The number of carboxylic acids is 1. The molecule has 0 aliphatic rings. The van der Waals surface area contributed by atoms with E-state index < -0.39 is 5.97 Å². The number of methoxy groups -OCH3 is 1. The standard InChI is InChI=1S/C15H10N2O2.C9H13NO/c18-15(19)12-9-14(10-5-7-16-8-6-10)17-13-4-2-1-3-11(12)13;1-11-9-4-2-8(3-5-9)6-7-10/h1-9H,(H,18,19);2-5H,6-7,10H2,1H3. The summed E-state index contributed by atoms with van der Waals surface area (Å²) in [4.78, 5) is 19.8. The second kappa shape index (κ2) is 10.1. The van der Waals surface area contributed by atoms with Crippen LogP contribution in [0.2, 0.25) is 0 Å². The maximum atomic E-state index is 11.4. The van der Waals surface area contributed by atoms with Gasteiger partial charge in [-0.2, -0.15) is 0 Å². The molecule has 4 rings (SSSR count). The SMILES string of the molecule is COc1ccc(CCN)cc1.O=C(O)c1cc(-c2ccncc2)nc2ccccc12. The molecule has 0 saturated carbocycles. The summed E-state index contributed by atoms with van der Waals surface area (Å²) in [5.41, 5.74) is 9.08. The summed E-state index contributed by atoms with van der Waals surface area (Å²) in [6.45, 7) is 0.701. The molecule has 0 unspecified atom stereocenters. The molecule has 2 aromatic heterocycles. The van der Waals surface area contributed by atoms with Crippen LogP contribution in [0.4, 0.5) is 0 Å². The van der Waals surface area contributed by atoms with Crippen LogP contribution in [0.1, 0.15) is 15.9 Å². The maximum Gasteiger partial charge on any atom is 0.336 e. The van der Waals surface area contributed by atoms with E-state index in [-0.39, 0.29) is 5.56 Å².